The molecule has 102 valence electrons. The summed E-state index contributed by atoms with van der Waals surface area (Å²) in [4.78, 5) is 21.7. The van der Waals surface area contributed by atoms with E-state index < -0.39 is 11.9 Å². The lowest BCUT2D eigenvalue weighted by molar-refractivity contribution is -0.154. The smallest absolute Gasteiger partial charge is 0.317 e. The van der Waals surface area contributed by atoms with E-state index in [0.717, 1.165) is 12.8 Å². The molecule has 4 nitrogen and oxygen atoms in total. The quantitative estimate of drug-likeness (QED) is 0.511. The fraction of sp³-hybridized carbons (Fsp3) is 0.846. The molecular weight excluding hydrogens is 220 g/mol. The van der Waals surface area contributed by atoms with Crippen LogP contribution in [0.5, 0.6) is 0 Å². The van der Waals surface area contributed by atoms with Gasteiger partial charge in [-0.05, 0) is 12.8 Å². The molecule has 0 amide bonds. The number of hydrogen-bond acceptors (Lipinski definition) is 4. The molecule has 0 saturated heterocycles. The highest BCUT2D eigenvalue weighted by molar-refractivity contribution is 5.91. The molecule has 0 rings (SSSR count). The first-order chi connectivity index (χ1) is 8.12. The van der Waals surface area contributed by atoms with Gasteiger partial charge >= 0.3 is 11.9 Å². The highest BCUT2D eigenvalue weighted by Crippen LogP contribution is 1.92. The zero-order valence-corrected chi connectivity index (χ0v) is 11.6. The second-order valence-electron chi connectivity index (χ2n) is 3.62. The Morgan fingerprint density at radius 3 is 1.29 bits per heavy atom. The van der Waals surface area contributed by atoms with E-state index in [0.29, 0.717) is 13.2 Å². The van der Waals surface area contributed by atoms with Gasteiger partial charge in [0.05, 0.1) is 13.2 Å². The van der Waals surface area contributed by atoms with E-state index in [4.69, 9.17) is 9.47 Å². The number of rotatable bonds is 7. The van der Waals surface area contributed by atoms with Crippen LogP contribution in [0.1, 0.15) is 59.8 Å². The third-order valence-electron chi connectivity index (χ3n) is 1.72. The highest BCUT2D eigenvalue weighted by Gasteiger charge is 2.10. The first-order valence-corrected chi connectivity index (χ1v) is 6.43. The molecule has 4 heteroatoms. The summed E-state index contributed by atoms with van der Waals surface area (Å²) in [7, 11) is 0. The van der Waals surface area contributed by atoms with Gasteiger partial charge < -0.3 is 9.47 Å². The largest absolute Gasteiger partial charge is 0.465 e. The van der Waals surface area contributed by atoms with E-state index in [1.54, 1.807) is 0 Å². The van der Waals surface area contributed by atoms with Gasteiger partial charge in [-0.25, -0.2) is 0 Å². The van der Waals surface area contributed by atoms with Crippen molar-refractivity contribution in [2.75, 3.05) is 13.2 Å². The minimum absolute atomic E-state index is 0.278. The van der Waals surface area contributed by atoms with Crippen molar-refractivity contribution in [3.63, 3.8) is 0 Å². The first kappa shape index (κ1) is 18.3. The van der Waals surface area contributed by atoms with E-state index in [9.17, 15) is 9.59 Å². The van der Waals surface area contributed by atoms with Gasteiger partial charge in [0.1, 0.15) is 6.42 Å². The summed E-state index contributed by atoms with van der Waals surface area (Å²) in [6, 6.07) is 0. The van der Waals surface area contributed by atoms with Crippen LogP contribution >= 0.6 is 0 Å². The average Bonchev–Trinajstić information content (AvgIpc) is 2.34. The standard InChI is InChI=1S/C9H16O4.C4H10/c1-3-5-12-8(10)7-9(11)13-6-4-2;1-3-4-2/h3-7H2,1-2H3;3-4H2,1-2H3. The van der Waals surface area contributed by atoms with Crippen LogP contribution in [0.15, 0.2) is 0 Å². The molecule has 0 aliphatic carbocycles. The van der Waals surface area contributed by atoms with Gasteiger partial charge in [0.2, 0.25) is 0 Å². The Balaban J connectivity index is 0. The number of carbonyl (C=O) groups excluding carboxylic acids is 2. The lowest BCUT2D eigenvalue weighted by atomic mass is 10.4. The fourth-order valence-electron chi connectivity index (χ4n) is 0.652. The third-order valence-corrected chi connectivity index (χ3v) is 1.72. The second kappa shape index (κ2) is 14.9. The number of esters is 2. The molecule has 0 unspecified atom stereocenters. The number of hydrogen-bond donors (Lipinski definition) is 0. The molecule has 17 heavy (non-hydrogen) atoms. The van der Waals surface area contributed by atoms with Gasteiger partial charge in [-0.2, -0.15) is 0 Å². The predicted molar refractivity (Wildman–Crippen MR) is 67.7 cm³/mol. The van der Waals surface area contributed by atoms with Crippen molar-refractivity contribution in [3.8, 4) is 0 Å². The van der Waals surface area contributed by atoms with Gasteiger partial charge in [-0.1, -0.05) is 40.5 Å². The molecule has 0 aromatic heterocycles. The predicted octanol–water partition coefficient (Wildman–Crippen LogP) is 3.09. The van der Waals surface area contributed by atoms with Crippen LogP contribution in [0.25, 0.3) is 0 Å². The Bertz CT molecular complexity index is 170. The zero-order chi connectivity index (χ0) is 13.5. The summed E-state index contributed by atoms with van der Waals surface area (Å²) in [5.41, 5.74) is 0. The molecule has 0 saturated carbocycles. The Morgan fingerprint density at radius 2 is 1.06 bits per heavy atom. The Hall–Kier alpha value is -1.06. The lowest BCUT2D eigenvalue weighted by Gasteiger charge is -2.03. The zero-order valence-electron chi connectivity index (χ0n) is 11.6. The molecular formula is C13H26O4. The van der Waals surface area contributed by atoms with Crippen molar-refractivity contribution >= 4 is 11.9 Å². The Morgan fingerprint density at radius 1 is 0.706 bits per heavy atom. The number of carbonyl (C=O) groups is 2. The molecule has 0 radical (unpaired) electrons. The fourth-order valence-corrected chi connectivity index (χ4v) is 0.652. The maximum absolute atomic E-state index is 10.9. The van der Waals surface area contributed by atoms with Crippen LogP contribution in [0, 0.1) is 0 Å². The summed E-state index contributed by atoms with van der Waals surface area (Å²) in [6.45, 7) is 8.87. The molecule has 0 aromatic rings. The summed E-state index contributed by atoms with van der Waals surface area (Å²) < 4.78 is 9.40. The molecule has 0 atom stereocenters. The summed E-state index contributed by atoms with van der Waals surface area (Å²) >= 11 is 0. The molecule has 0 aliphatic heterocycles. The first-order valence-electron chi connectivity index (χ1n) is 6.43. The van der Waals surface area contributed by atoms with Gasteiger partial charge in [0.25, 0.3) is 0 Å². The van der Waals surface area contributed by atoms with Crippen LogP contribution in [-0.4, -0.2) is 25.2 Å². The minimum atomic E-state index is -0.511. The van der Waals surface area contributed by atoms with Crippen molar-refractivity contribution in [2.45, 2.75) is 59.8 Å². The third kappa shape index (κ3) is 17.5. The Kier molecular flexibility index (Phi) is 16.1. The van der Waals surface area contributed by atoms with Gasteiger partial charge in [-0.15, -0.1) is 0 Å². The molecule has 0 aliphatic rings. The molecule has 0 N–H and O–H groups in total. The summed E-state index contributed by atoms with van der Waals surface area (Å²) in [5.74, 6) is -1.02. The van der Waals surface area contributed by atoms with E-state index in [-0.39, 0.29) is 6.42 Å². The van der Waals surface area contributed by atoms with Crippen molar-refractivity contribution in [2.24, 2.45) is 0 Å². The SMILES string of the molecule is CCCC.CCCOC(=O)CC(=O)OCCC. The average molecular weight is 246 g/mol. The van der Waals surface area contributed by atoms with Crippen LogP contribution in [-0.2, 0) is 19.1 Å². The molecule has 0 spiro atoms. The number of unbranched alkanes of at least 4 members (excludes halogenated alkanes) is 1. The number of ether oxygens (including phenoxy) is 2. The molecule has 0 bridgehead atoms. The van der Waals surface area contributed by atoms with Crippen LogP contribution in [0.4, 0.5) is 0 Å². The van der Waals surface area contributed by atoms with Crippen LogP contribution < -0.4 is 0 Å². The summed E-state index contributed by atoms with van der Waals surface area (Å²) in [6.07, 6.45) is 3.88. The van der Waals surface area contributed by atoms with Gasteiger partial charge in [-0.3, -0.25) is 9.59 Å². The van der Waals surface area contributed by atoms with Crippen molar-refractivity contribution < 1.29 is 19.1 Å². The van der Waals surface area contributed by atoms with Crippen molar-refractivity contribution in [3.05, 3.63) is 0 Å². The lowest BCUT2D eigenvalue weighted by Crippen LogP contribution is -2.14. The Labute approximate surface area is 105 Å². The van der Waals surface area contributed by atoms with E-state index in [2.05, 4.69) is 13.8 Å². The maximum atomic E-state index is 10.9. The molecule has 0 fully saturated rings. The van der Waals surface area contributed by atoms with E-state index >= 15 is 0 Å². The van der Waals surface area contributed by atoms with E-state index in [1.165, 1.54) is 12.8 Å². The monoisotopic (exact) mass is 246 g/mol. The normalized spacial score (nSPS) is 8.94. The molecule has 0 heterocycles. The second-order valence-corrected chi connectivity index (χ2v) is 3.62. The van der Waals surface area contributed by atoms with Crippen molar-refractivity contribution in [1.82, 2.24) is 0 Å². The minimum Gasteiger partial charge on any atom is -0.465 e. The van der Waals surface area contributed by atoms with Crippen LogP contribution in [0.3, 0.4) is 0 Å². The van der Waals surface area contributed by atoms with Gasteiger partial charge in [0, 0.05) is 0 Å². The highest BCUT2D eigenvalue weighted by atomic mass is 16.6. The maximum Gasteiger partial charge on any atom is 0.317 e. The summed E-state index contributed by atoms with van der Waals surface area (Å²) in [5, 5.41) is 0. The van der Waals surface area contributed by atoms with Gasteiger partial charge in [0.15, 0.2) is 0 Å². The van der Waals surface area contributed by atoms with Crippen LogP contribution in [0.2, 0.25) is 0 Å². The van der Waals surface area contributed by atoms with E-state index in [1.807, 2.05) is 13.8 Å². The van der Waals surface area contributed by atoms with Crippen molar-refractivity contribution in [1.29, 1.82) is 0 Å². The molecule has 0 aromatic carbocycles. The topological polar surface area (TPSA) is 52.6 Å².